The molecule has 0 bridgehead atoms. The summed E-state index contributed by atoms with van der Waals surface area (Å²) in [5.74, 6) is -0.256. The summed E-state index contributed by atoms with van der Waals surface area (Å²) in [4.78, 5) is 47.3. The van der Waals surface area contributed by atoms with E-state index in [0.29, 0.717) is 43.9 Å². The third-order valence-corrected chi connectivity index (χ3v) is 3.32. The molecular formula is C15H21N3O6. The first kappa shape index (κ1) is 19.2. The van der Waals surface area contributed by atoms with Crippen molar-refractivity contribution in [1.82, 2.24) is 15.2 Å². The van der Waals surface area contributed by atoms with E-state index in [1.807, 2.05) is 6.92 Å². The van der Waals surface area contributed by atoms with Gasteiger partial charge in [0.1, 0.15) is 0 Å². The number of aromatic nitrogens is 1. The fraction of sp³-hybridized carbons (Fsp3) is 0.467. The van der Waals surface area contributed by atoms with Gasteiger partial charge in [-0.1, -0.05) is 6.92 Å². The van der Waals surface area contributed by atoms with Crippen LogP contribution in [-0.4, -0.2) is 59.7 Å². The maximum absolute atomic E-state index is 12.1. The van der Waals surface area contributed by atoms with E-state index in [2.05, 4.69) is 10.3 Å². The topological polar surface area (TPSA) is 129 Å². The predicted octanol–water partition coefficient (Wildman–Crippen LogP) is 0.210. The van der Waals surface area contributed by atoms with E-state index < -0.39 is 0 Å². The van der Waals surface area contributed by atoms with Gasteiger partial charge in [0.25, 0.3) is 12.4 Å². The number of aryl methyl sites for hydroxylation is 1. The van der Waals surface area contributed by atoms with E-state index in [1.54, 1.807) is 4.90 Å². The molecule has 1 aromatic rings. The minimum Gasteiger partial charge on any atom is -0.483 e. The lowest BCUT2D eigenvalue weighted by Gasteiger charge is -2.26. The van der Waals surface area contributed by atoms with Crippen molar-refractivity contribution in [2.75, 3.05) is 26.2 Å². The van der Waals surface area contributed by atoms with E-state index in [9.17, 15) is 14.4 Å². The van der Waals surface area contributed by atoms with Gasteiger partial charge in [-0.25, -0.2) is 4.79 Å². The number of hydrogen-bond donors (Lipinski definition) is 3. The van der Waals surface area contributed by atoms with Crippen LogP contribution in [0, 0.1) is 0 Å². The first-order chi connectivity index (χ1) is 11.5. The predicted molar refractivity (Wildman–Crippen MR) is 85.0 cm³/mol. The third kappa shape index (κ3) is 5.75. The van der Waals surface area contributed by atoms with E-state index in [0.717, 1.165) is 6.42 Å². The molecule has 2 rings (SSSR count). The van der Waals surface area contributed by atoms with Crippen LogP contribution in [0.5, 0.6) is 0 Å². The van der Waals surface area contributed by atoms with Crippen molar-refractivity contribution in [1.29, 1.82) is 0 Å². The highest BCUT2D eigenvalue weighted by Crippen LogP contribution is 2.05. The molecule has 1 saturated heterocycles. The molecule has 9 nitrogen and oxygen atoms in total. The molecule has 0 saturated carbocycles. The van der Waals surface area contributed by atoms with E-state index in [-0.39, 0.29) is 24.0 Å². The number of nitrogens with zero attached hydrogens (tertiary/aromatic N) is 1. The Morgan fingerprint density at radius 3 is 2.79 bits per heavy atom. The molecule has 0 atom stereocenters. The molecule has 2 amide bonds. The van der Waals surface area contributed by atoms with Crippen molar-refractivity contribution >= 4 is 18.5 Å². The van der Waals surface area contributed by atoms with Crippen molar-refractivity contribution in [3.63, 3.8) is 0 Å². The summed E-state index contributed by atoms with van der Waals surface area (Å²) < 4.78 is 4.92. The lowest BCUT2D eigenvalue weighted by atomic mass is 10.1. The third-order valence-electron chi connectivity index (χ3n) is 3.32. The van der Waals surface area contributed by atoms with Gasteiger partial charge < -0.3 is 25.0 Å². The van der Waals surface area contributed by atoms with Gasteiger partial charge >= 0.3 is 6.09 Å². The molecule has 1 fully saturated rings. The number of rotatable bonds is 5. The number of aromatic amines is 1. The number of H-pyrrole nitrogens is 1. The van der Waals surface area contributed by atoms with E-state index in [1.165, 1.54) is 12.1 Å². The molecule has 0 aliphatic carbocycles. The molecule has 1 aliphatic rings. The van der Waals surface area contributed by atoms with Crippen molar-refractivity contribution in [2.24, 2.45) is 0 Å². The van der Waals surface area contributed by atoms with Crippen LogP contribution in [0.4, 0.5) is 4.79 Å². The molecule has 0 radical (unpaired) electrons. The maximum atomic E-state index is 12.1. The van der Waals surface area contributed by atoms with E-state index in [4.69, 9.17) is 14.6 Å². The molecule has 0 spiro atoms. The van der Waals surface area contributed by atoms with Gasteiger partial charge in [-0.2, -0.15) is 0 Å². The molecule has 9 heteroatoms. The van der Waals surface area contributed by atoms with Gasteiger partial charge in [-0.05, 0) is 18.9 Å². The van der Waals surface area contributed by atoms with Gasteiger partial charge in [-0.3, -0.25) is 14.4 Å². The zero-order chi connectivity index (χ0) is 17.9. The minimum absolute atomic E-state index is 0.223. The molecule has 0 unspecified atom stereocenters. The largest absolute Gasteiger partial charge is 0.483 e. The van der Waals surface area contributed by atoms with Gasteiger partial charge in [0, 0.05) is 31.4 Å². The normalized spacial score (nSPS) is 13.4. The zero-order valence-corrected chi connectivity index (χ0v) is 13.4. The zero-order valence-electron chi connectivity index (χ0n) is 13.4. The quantitative estimate of drug-likeness (QED) is 0.658. The van der Waals surface area contributed by atoms with Crippen LogP contribution in [0.2, 0.25) is 0 Å². The Bertz CT molecular complexity index is 628. The van der Waals surface area contributed by atoms with Gasteiger partial charge in [-0.15, -0.1) is 0 Å². The summed E-state index contributed by atoms with van der Waals surface area (Å²) in [7, 11) is 0. The molecule has 1 aliphatic heterocycles. The first-order valence-electron chi connectivity index (χ1n) is 7.53. The molecule has 132 valence electrons. The second-order valence-corrected chi connectivity index (χ2v) is 4.88. The highest BCUT2D eigenvalue weighted by molar-refractivity contribution is 5.95. The minimum atomic E-state index is -0.339. The molecule has 1 aromatic heterocycles. The second kappa shape index (κ2) is 10.0. The van der Waals surface area contributed by atoms with Crippen LogP contribution in [0.15, 0.2) is 16.9 Å². The fourth-order valence-corrected chi connectivity index (χ4v) is 2.21. The smallest absolute Gasteiger partial charge is 0.409 e. The van der Waals surface area contributed by atoms with Gasteiger partial charge in [0.2, 0.25) is 5.56 Å². The Morgan fingerprint density at radius 1 is 1.46 bits per heavy atom. The molecule has 2 heterocycles. The molecular weight excluding hydrogens is 318 g/mol. The van der Waals surface area contributed by atoms with Crippen LogP contribution in [0.1, 0.15) is 29.4 Å². The second-order valence-electron chi connectivity index (χ2n) is 4.88. The molecule has 24 heavy (non-hydrogen) atoms. The number of carboxylic acid groups (broad SMARTS) is 1. The van der Waals surface area contributed by atoms with E-state index >= 15 is 0 Å². The summed E-state index contributed by atoms with van der Waals surface area (Å²) >= 11 is 0. The monoisotopic (exact) mass is 339 g/mol. The Balaban J connectivity index is 0.000000891. The van der Waals surface area contributed by atoms with Crippen molar-refractivity contribution in [2.45, 2.75) is 19.8 Å². The standard InChI is InChI=1S/C14H19N3O4.CH2O2/c1-2-11-10(4-5-12(18)16-11)13(19)15-6-8-17-7-3-9-21-14(17)20;2-1-3/h4-5H,2-3,6-9H2,1H3,(H,15,19)(H,16,18);1H,(H,2,3). The number of carbonyl (C=O) groups is 3. The summed E-state index contributed by atoms with van der Waals surface area (Å²) in [6, 6.07) is 2.85. The lowest BCUT2D eigenvalue weighted by Crippen LogP contribution is -2.42. The Morgan fingerprint density at radius 2 is 2.17 bits per heavy atom. The van der Waals surface area contributed by atoms with Crippen LogP contribution in [-0.2, 0) is 16.0 Å². The number of amides is 2. The van der Waals surface area contributed by atoms with Gasteiger partial charge in [0.05, 0.1) is 12.2 Å². The SMILES string of the molecule is CCc1[nH]c(=O)ccc1C(=O)NCCN1CCCOC1=O.O=CO. The van der Waals surface area contributed by atoms with Crippen LogP contribution < -0.4 is 10.9 Å². The average Bonchev–Trinajstić information content (AvgIpc) is 2.57. The summed E-state index contributed by atoms with van der Waals surface area (Å²) in [6.07, 6.45) is 1.03. The molecule has 3 N–H and O–H groups in total. The first-order valence-corrected chi connectivity index (χ1v) is 7.53. The van der Waals surface area contributed by atoms with Gasteiger partial charge in [0.15, 0.2) is 0 Å². The fourth-order valence-electron chi connectivity index (χ4n) is 2.21. The summed E-state index contributed by atoms with van der Waals surface area (Å²) in [6.45, 7) is 3.48. The number of hydrogen-bond acceptors (Lipinski definition) is 5. The average molecular weight is 339 g/mol. The Kier molecular flexibility index (Phi) is 8.03. The highest BCUT2D eigenvalue weighted by Gasteiger charge is 2.19. The molecule has 0 aromatic carbocycles. The lowest BCUT2D eigenvalue weighted by molar-refractivity contribution is -0.122. The van der Waals surface area contributed by atoms with Crippen molar-refractivity contribution in [3.05, 3.63) is 33.7 Å². The highest BCUT2D eigenvalue weighted by atomic mass is 16.6. The maximum Gasteiger partial charge on any atom is 0.409 e. The number of carbonyl (C=O) groups excluding carboxylic acids is 2. The summed E-state index contributed by atoms with van der Waals surface area (Å²) in [5, 5.41) is 9.64. The number of ether oxygens (including phenoxy) is 1. The number of pyridine rings is 1. The number of nitrogens with one attached hydrogen (secondary N) is 2. The van der Waals surface area contributed by atoms with Crippen LogP contribution in [0.25, 0.3) is 0 Å². The summed E-state index contributed by atoms with van der Waals surface area (Å²) in [5.41, 5.74) is 0.843. The van der Waals surface area contributed by atoms with Crippen molar-refractivity contribution < 1.29 is 24.2 Å². The van der Waals surface area contributed by atoms with Crippen LogP contribution in [0.3, 0.4) is 0 Å². The van der Waals surface area contributed by atoms with Crippen LogP contribution >= 0.6 is 0 Å². The Labute approximate surface area is 138 Å². The van der Waals surface area contributed by atoms with Crippen molar-refractivity contribution in [3.8, 4) is 0 Å². The Hall–Kier alpha value is -2.84. The number of cyclic esters (lactones) is 1.